The third-order valence-corrected chi connectivity index (χ3v) is 5.05. The van der Waals surface area contributed by atoms with Gasteiger partial charge in [-0.3, -0.25) is 4.79 Å². The summed E-state index contributed by atoms with van der Waals surface area (Å²) in [6.07, 6.45) is 0. The van der Waals surface area contributed by atoms with Crippen molar-refractivity contribution in [2.24, 2.45) is 0 Å². The van der Waals surface area contributed by atoms with Crippen LogP contribution in [0, 0.1) is 13.8 Å². The molecule has 0 radical (unpaired) electrons. The summed E-state index contributed by atoms with van der Waals surface area (Å²) in [5.41, 5.74) is 2.85. The summed E-state index contributed by atoms with van der Waals surface area (Å²) in [6.45, 7) is 7.42. The normalized spacial score (nSPS) is 16.4. The maximum atomic E-state index is 12.1. The summed E-state index contributed by atoms with van der Waals surface area (Å²) in [5, 5.41) is 5.11. The third kappa shape index (κ3) is 5.75. The lowest BCUT2D eigenvalue weighted by Crippen LogP contribution is -2.50. The molecular weight excluding hydrogens is 368 g/mol. The van der Waals surface area contributed by atoms with Crippen molar-refractivity contribution in [1.82, 2.24) is 10.6 Å². The van der Waals surface area contributed by atoms with Crippen LogP contribution in [0.2, 0.25) is 0 Å². The van der Waals surface area contributed by atoms with Crippen molar-refractivity contribution >= 4 is 29.7 Å². The molecule has 0 saturated heterocycles. The highest BCUT2D eigenvalue weighted by Crippen LogP contribution is 2.21. The number of esters is 2. The molecule has 0 spiro atoms. The van der Waals surface area contributed by atoms with Crippen molar-refractivity contribution in [3.8, 4) is 0 Å². The summed E-state index contributed by atoms with van der Waals surface area (Å²) in [7, 11) is 0. The van der Waals surface area contributed by atoms with Crippen LogP contribution in [0.3, 0.4) is 0 Å². The van der Waals surface area contributed by atoms with Gasteiger partial charge in [-0.2, -0.15) is 0 Å². The van der Waals surface area contributed by atoms with Crippen LogP contribution in [0.1, 0.15) is 25.0 Å². The van der Waals surface area contributed by atoms with Gasteiger partial charge in [0.2, 0.25) is 0 Å². The monoisotopic (exact) mass is 392 g/mol. The molecule has 0 aromatic heterocycles. The molecule has 2 N–H and O–H groups in total. The first kappa shape index (κ1) is 20.8. The van der Waals surface area contributed by atoms with Crippen molar-refractivity contribution in [3.63, 3.8) is 0 Å². The van der Waals surface area contributed by atoms with Crippen LogP contribution in [0.4, 0.5) is 4.79 Å². The second-order valence-electron chi connectivity index (χ2n) is 6.13. The van der Waals surface area contributed by atoms with Crippen molar-refractivity contribution in [3.05, 3.63) is 40.6 Å². The predicted octanol–water partition coefficient (Wildman–Crippen LogP) is 2.46. The molecule has 2 amide bonds. The zero-order chi connectivity index (χ0) is 20.0. The van der Waals surface area contributed by atoms with Gasteiger partial charge < -0.3 is 20.1 Å². The summed E-state index contributed by atoms with van der Waals surface area (Å²) in [5.74, 6) is -0.853. The van der Waals surface area contributed by atoms with Gasteiger partial charge in [0, 0.05) is 4.90 Å². The Hall–Kier alpha value is -2.48. The van der Waals surface area contributed by atoms with Crippen LogP contribution in [0.15, 0.2) is 34.4 Å². The second-order valence-corrected chi connectivity index (χ2v) is 7.18. The number of ether oxygens (including phenoxy) is 2. The number of aryl methyl sites for hydroxylation is 2. The topological polar surface area (TPSA) is 93.7 Å². The quantitative estimate of drug-likeness (QED) is 0.547. The largest absolute Gasteiger partial charge is 0.463 e. The maximum absolute atomic E-state index is 12.1. The van der Waals surface area contributed by atoms with E-state index in [1.807, 2.05) is 32.0 Å². The van der Waals surface area contributed by atoms with Crippen LogP contribution in [0.5, 0.6) is 0 Å². The van der Waals surface area contributed by atoms with E-state index in [1.54, 1.807) is 13.8 Å². The number of amides is 2. The Balaban J connectivity index is 1.98. The average Bonchev–Trinajstić information content (AvgIpc) is 2.60. The van der Waals surface area contributed by atoms with E-state index < -0.39 is 24.0 Å². The minimum absolute atomic E-state index is 0.131. The van der Waals surface area contributed by atoms with Crippen LogP contribution < -0.4 is 10.6 Å². The first-order chi connectivity index (χ1) is 12.8. The number of rotatable bonds is 7. The fourth-order valence-corrected chi connectivity index (χ4v) is 3.33. The number of carbonyl (C=O) groups is 3. The van der Waals surface area contributed by atoms with E-state index in [1.165, 1.54) is 17.3 Å². The lowest BCUT2D eigenvalue weighted by Gasteiger charge is -2.26. The number of hydrogen-bond donors (Lipinski definition) is 2. The zero-order valence-corrected chi connectivity index (χ0v) is 16.7. The van der Waals surface area contributed by atoms with E-state index in [0.29, 0.717) is 0 Å². The highest BCUT2D eigenvalue weighted by molar-refractivity contribution is 8.00. The fraction of sp³-hybridized carbons (Fsp3) is 0.421. The Labute approximate surface area is 162 Å². The minimum Gasteiger partial charge on any atom is -0.463 e. The van der Waals surface area contributed by atoms with Gasteiger partial charge in [-0.1, -0.05) is 6.07 Å². The summed E-state index contributed by atoms with van der Waals surface area (Å²) in [6, 6.07) is 4.99. The van der Waals surface area contributed by atoms with Gasteiger partial charge in [-0.05, 0) is 51.0 Å². The molecule has 0 fully saturated rings. The molecule has 0 bridgehead atoms. The molecule has 1 atom stereocenters. The molecule has 1 aromatic carbocycles. The Morgan fingerprint density at radius 3 is 2.59 bits per heavy atom. The number of carbonyl (C=O) groups excluding carboxylic acids is 3. The molecule has 1 heterocycles. The van der Waals surface area contributed by atoms with Gasteiger partial charge in [-0.25, -0.2) is 9.59 Å². The Morgan fingerprint density at radius 1 is 1.19 bits per heavy atom. The summed E-state index contributed by atoms with van der Waals surface area (Å²) in [4.78, 5) is 36.8. The Kier molecular flexibility index (Phi) is 7.29. The summed E-state index contributed by atoms with van der Waals surface area (Å²) < 4.78 is 10.3. The molecule has 27 heavy (non-hydrogen) atoms. The molecule has 146 valence electrons. The van der Waals surface area contributed by atoms with Gasteiger partial charge in [0.15, 0.2) is 0 Å². The zero-order valence-electron chi connectivity index (χ0n) is 15.9. The Morgan fingerprint density at radius 2 is 1.93 bits per heavy atom. The van der Waals surface area contributed by atoms with Crippen LogP contribution in [0.25, 0.3) is 0 Å². The van der Waals surface area contributed by atoms with Crippen LogP contribution in [-0.2, 0) is 19.1 Å². The Bertz CT molecular complexity index is 775. The maximum Gasteiger partial charge on any atom is 0.338 e. The molecule has 1 aliphatic heterocycles. The fourth-order valence-electron chi connectivity index (χ4n) is 2.53. The second kappa shape index (κ2) is 9.45. The van der Waals surface area contributed by atoms with E-state index in [4.69, 9.17) is 9.47 Å². The summed E-state index contributed by atoms with van der Waals surface area (Å²) >= 11 is 1.37. The molecule has 8 heteroatoms. The van der Waals surface area contributed by atoms with Crippen LogP contribution in [-0.4, -0.2) is 43.0 Å². The van der Waals surface area contributed by atoms with Crippen molar-refractivity contribution in [1.29, 1.82) is 0 Å². The average molecular weight is 392 g/mol. The number of urea groups is 1. The predicted molar refractivity (Wildman–Crippen MR) is 102 cm³/mol. The van der Waals surface area contributed by atoms with Crippen molar-refractivity contribution < 1.29 is 23.9 Å². The SMILES string of the molecule is CCOC(=O)C1=C(COC(=O)CSc2ccc(C)c(C)c2)NC(=O)N[C@H]1C. The van der Waals surface area contributed by atoms with Gasteiger partial charge in [-0.15, -0.1) is 11.8 Å². The van der Waals surface area contributed by atoms with E-state index in [2.05, 4.69) is 10.6 Å². The highest BCUT2D eigenvalue weighted by Gasteiger charge is 2.30. The number of thioether (sulfide) groups is 1. The molecule has 7 nitrogen and oxygen atoms in total. The molecule has 1 aromatic rings. The van der Waals surface area contributed by atoms with Gasteiger partial charge in [0.25, 0.3) is 0 Å². The number of benzene rings is 1. The standard InChI is InChI=1S/C19H24N2O5S/c1-5-25-18(23)17-13(4)20-19(24)21-15(17)9-26-16(22)10-27-14-7-6-11(2)12(3)8-14/h6-8,13H,5,9-10H2,1-4H3,(H2,20,21,24)/t13-/m0/s1. The van der Waals surface area contributed by atoms with E-state index in [9.17, 15) is 14.4 Å². The lowest BCUT2D eigenvalue weighted by atomic mass is 10.0. The third-order valence-electron chi connectivity index (χ3n) is 4.08. The molecular formula is C19H24N2O5S. The smallest absolute Gasteiger partial charge is 0.338 e. The van der Waals surface area contributed by atoms with E-state index in [-0.39, 0.29) is 30.2 Å². The van der Waals surface area contributed by atoms with E-state index in [0.717, 1.165) is 10.5 Å². The molecule has 2 rings (SSSR count). The molecule has 1 aliphatic rings. The van der Waals surface area contributed by atoms with Gasteiger partial charge in [0.05, 0.1) is 29.7 Å². The molecule has 0 saturated carbocycles. The highest BCUT2D eigenvalue weighted by atomic mass is 32.2. The van der Waals surface area contributed by atoms with Crippen molar-refractivity contribution in [2.75, 3.05) is 19.0 Å². The number of nitrogens with one attached hydrogen (secondary N) is 2. The van der Waals surface area contributed by atoms with Crippen molar-refractivity contribution in [2.45, 2.75) is 38.6 Å². The van der Waals surface area contributed by atoms with E-state index >= 15 is 0 Å². The van der Waals surface area contributed by atoms with Crippen LogP contribution >= 0.6 is 11.8 Å². The first-order valence-electron chi connectivity index (χ1n) is 8.65. The lowest BCUT2D eigenvalue weighted by molar-refractivity contribution is -0.141. The van der Waals surface area contributed by atoms with Gasteiger partial charge in [0.1, 0.15) is 6.61 Å². The molecule has 0 unspecified atom stereocenters. The molecule has 0 aliphatic carbocycles. The van der Waals surface area contributed by atoms with Gasteiger partial charge >= 0.3 is 18.0 Å². The minimum atomic E-state index is -0.548. The first-order valence-corrected chi connectivity index (χ1v) is 9.63. The number of hydrogen-bond acceptors (Lipinski definition) is 6.